The smallest absolute Gasteiger partial charge is 0.338 e. The van der Waals surface area contributed by atoms with Crippen LogP contribution in [0.3, 0.4) is 0 Å². The van der Waals surface area contributed by atoms with Gasteiger partial charge in [0.05, 0.1) is 30.3 Å². The third-order valence-electron chi connectivity index (χ3n) is 4.54. The number of fused-ring (bicyclic) bond motifs is 1. The minimum Gasteiger partial charge on any atom is -0.495 e. The quantitative estimate of drug-likeness (QED) is 0.722. The second kappa shape index (κ2) is 8.12. The number of hydrogen-bond donors (Lipinski definition) is 1. The second-order valence-corrected chi connectivity index (χ2v) is 8.64. The summed E-state index contributed by atoms with van der Waals surface area (Å²) < 4.78 is 35.6. The van der Waals surface area contributed by atoms with E-state index >= 15 is 0 Å². The maximum Gasteiger partial charge on any atom is 0.338 e. The number of carbonyl (C=O) groups excluding carboxylic acids is 2. The molecule has 2 aromatic rings. The van der Waals surface area contributed by atoms with Crippen LogP contribution >= 0.6 is 0 Å². The predicted molar refractivity (Wildman–Crippen MR) is 109 cm³/mol. The number of amides is 1. The molecular formula is C20H22N2O6S. The highest BCUT2D eigenvalue weighted by Crippen LogP contribution is 2.34. The van der Waals surface area contributed by atoms with Gasteiger partial charge in [0.2, 0.25) is 10.0 Å². The molecule has 0 saturated carbocycles. The Labute approximate surface area is 169 Å². The first-order chi connectivity index (χ1) is 13.7. The Kier molecular flexibility index (Phi) is 5.78. The molecule has 0 aliphatic carbocycles. The molecule has 1 amide bonds. The number of ether oxygens (including phenoxy) is 2. The van der Waals surface area contributed by atoms with Crippen molar-refractivity contribution in [2.75, 3.05) is 29.6 Å². The van der Waals surface area contributed by atoms with E-state index in [1.54, 1.807) is 43.3 Å². The standard InChI is InChI=1S/C20H22N2O6S/c1-13-10-15-11-14(8-9-17(15)22(13)29(3,25)26)20(24)28-12-19(23)21-16-6-4-5-7-18(16)27-2/h4-9,11,13H,10,12H2,1-3H3,(H,21,23)/t13-/m0/s1. The average molecular weight is 418 g/mol. The maximum absolute atomic E-state index is 12.3. The summed E-state index contributed by atoms with van der Waals surface area (Å²) in [7, 11) is -1.91. The SMILES string of the molecule is COc1ccccc1NC(=O)COC(=O)c1ccc2c(c1)C[C@H](C)N2S(C)(=O)=O. The van der Waals surface area contributed by atoms with Crippen molar-refractivity contribution in [3.63, 3.8) is 0 Å². The molecule has 1 atom stereocenters. The van der Waals surface area contributed by atoms with Crippen LogP contribution < -0.4 is 14.4 Å². The summed E-state index contributed by atoms with van der Waals surface area (Å²) in [6, 6.07) is 11.4. The van der Waals surface area contributed by atoms with Gasteiger partial charge in [0.15, 0.2) is 6.61 Å². The fourth-order valence-corrected chi connectivity index (χ4v) is 4.65. The van der Waals surface area contributed by atoms with Crippen LogP contribution in [0.2, 0.25) is 0 Å². The van der Waals surface area contributed by atoms with E-state index in [0.717, 1.165) is 11.8 Å². The van der Waals surface area contributed by atoms with Crippen LogP contribution in [0.4, 0.5) is 11.4 Å². The Bertz CT molecular complexity index is 1050. The molecule has 0 fully saturated rings. The largest absolute Gasteiger partial charge is 0.495 e. The fourth-order valence-electron chi connectivity index (χ4n) is 3.38. The molecule has 1 heterocycles. The number of benzene rings is 2. The van der Waals surface area contributed by atoms with Gasteiger partial charge in [-0.25, -0.2) is 13.2 Å². The fraction of sp³-hybridized carbons (Fsp3) is 0.300. The summed E-state index contributed by atoms with van der Waals surface area (Å²) >= 11 is 0. The number of nitrogens with one attached hydrogen (secondary N) is 1. The van der Waals surface area contributed by atoms with E-state index in [9.17, 15) is 18.0 Å². The van der Waals surface area contributed by atoms with Crippen molar-refractivity contribution in [1.82, 2.24) is 0 Å². The topological polar surface area (TPSA) is 102 Å². The van der Waals surface area contributed by atoms with E-state index < -0.39 is 28.5 Å². The summed E-state index contributed by atoms with van der Waals surface area (Å²) in [6.07, 6.45) is 1.65. The first kappa shape index (κ1) is 20.7. The number of para-hydroxylation sites is 2. The first-order valence-corrected chi connectivity index (χ1v) is 10.8. The molecule has 8 nitrogen and oxygen atoms in total. The average Bonchev–Trinajstić information content (AvgIpc) is 3.01. The number of rotatable bonds is 6. The molecule has 9 heteroatoms. The van der Waals surface area contributed by atoms with Gasteiger partial charge in [-0.05, 0) is 49.2 Å². The van der Waals surface area contributed by atoms with Crippen LogP contribution in [0.1, 0.15) is 22.8 Å². The Morgan fingerprint density at radius 1 is 1.21 bits per heavy atom. The van der Waals surface area contributed by atoms with E-state index in [1.807, 2.05) is 0 Å². The molecule has 29 heavy (non-hydrogen) atoms. The van der Waals surface area contributed by atoms with E-state index in [-0.39, 0.29) is 11.6 Å². The highest BCUT2D eigenvalue weighted by molar-refractivity contribution is 7.92. The van der Waals surface area contributed by atoms with Crippen molar-refractivity contribution in [2.24, 2.45) is 0 Å². The molecule has 0 bridgehead atoms. The van der Waals surface area contributed by atoms with Crippen molar-refractivity contribution in [3.8, 4) is 5.75 Å². The van der Waals surface area contributed by atoms with Crippen LogP contribution in [0.25, 0.3) is 0 Å². The highest BCUT2D eigenvalue weighted by Gasteiger charge is 2.32. The van der Waals surface area contributed by atoms with Crippen LogP contribution in [0, 0.1) is 0 Å². The Hall–Kier alpha value is -3.07. The Morgan fingerprint density at radius 3 is 2.62 bits per heavy atom. The number of esters is 1. The lowest BCUT2D eigenvalue weighted by Gasteiger charge is -2.21. The minimum atomic E-state index is -3.40. The molecular weight excluding hydrogens is 396 g/mol. The second-order valence-electron chi connectivity index (χ2n) is 6.78. The molecule has 154 valence electrons. The maximum atomic E-state index is 12.3. The molecule has 3 rings (SSSR count). The third-order valence-corrected chi connectivity index (χ3v) is 5.81. The van der Waals surface area contributed by atoms with Gasteiger partial charge in [0, 0.05) is 6.04 Å². The lowest BCUT2D eigenvalue weighted by atomic mass is 10.1. The number of sulfonamides is 1. The zero-order chi connectivity index (χ0) is 21.2. The number of anilines is 2. The van der Waals surface area contributed by atoms with Gasteiger partial charge in [-0.15, -0.1) is 0 Å². The molecule has 0 saturated heterocycles. The third kappa shape index (κ3) is 4.51. The number of nitrogens with zero attached hydrogens (tertiary/aromatic N) is 1. The number of methoxy groups -OCH3 is 1. The lowest BCUT2D eigenvalue weighted by Crippen LogP contribution is -2.34. The monoisotopic (exact) mass is 418 g/mol. The minimum absolute atomic E-state index is 0.224. The van der Waals surface area contributed by atoms with Crippen LogP contribution in [0.15, 0.2) is 42.5 Å². The molecule has 0 aromatic heterocycles. The molecule has 1 aliphatic rings. The van der Waals surface area contributed by atoms with E-state index in [4.69, 9.17) is 9.47 Å². The van der Waals surface area contributed by atoms with Crippen LogP contribution in [-0.4, -0.2) is 46.3 Å². The number of carbonyl (C=O) groups is 2. The van der Waals surface area contributed by atoms with E-state index in [2.05, 4.69) is 5.32 Å². The van der Waals surface area contributed by atoms with E-state index in [0.29, 0.717) is 23.5 Å². The zero-order valence-corrected chi connectivity index (χ0v) is 17.2. The molecule has 1 aliphatic heterocycles. The predicted octanol–water partition coefficient (Wildman–Crippen LogP) is 2.20. The molecule has 1 N–H and O–H groups in total. The summed E-state index contributed by atoms with van der Waals surface area (Å²) in [5.41, 5.74) is 2.04. The van der Waals surface area contributed by atoms with Gasteiger partial charge in [-0.3, -0.25) is 9.10 Å². The van der Waals surface area contributed by atoms with Crippen molar-refractivity contribution >= 4 is 33.3 Å². The van der Waals surface area contributed by atoms with Gasteiger partial charge in [-0.1, -0.05) is 12.1 Å². The number of hydrogen-bond acceptors (Lipinski definition) is 6. The van der Waals surface area contributed by atoms with Crippen LogP contribution in [-0.2, 0) is 26.0 Å². The highest BCUT2D eigenvalue weighted by atomic mass is 32.2. The summed E-state index contributed by atoms with van der Waals surface area (Å²) in [4.78, 5) is 24.4. The van der Waals surface area contributed by atoms with Gasteiger partial charge < -0.3 is 14.8 Å². The van der Waals surface area contributed by atoms with Crippen molar-refractivity contribution in [3.05, 3.63) is 53.6 Å². The lowest BCUT2D eigenvalue weighted by molar-refractivity contribution is -0.119. The van der Waals surface area contributed by atoms with Crippen molar-refractivity contribution in [2.45, 2.75) is 19.4 Å². The summed E-state index contributed by atoms with van der Waals surface area (Å²) in [5.74, 6) is -0.662. The van der Waals surface area contributed by atoms with Gasteiger partial charge in [-0.2, -0.15) is 0 Å². The van der Waals surface area contributed by atoms with Crippen molar-refractivity contribution < 1.29 is 27.5 Å². The van der Waals surface area contributed by atoms with Gasteiger partial charge >= 0.3 is 5.97 Å². The molecule has 0 unspecified atom stereocenters. The molecule has 0 radical (unpaired) electrons. The molecule has 0 spiro atoms. The van der Waals surface area contributed by atoms with Crippen molar-refractivity contribution in [1.29, 1.82) is 0 Å². The Balaban J connectivity index is 1.65. The van der Waals surface area contributed by atoms with Gasteiger partial charge in [0.1, 0.15) is 5.75 Å². The Morgan fingerprint density at radius 2 is 1.93 bits per heavy atom. The van der Waals surface area contributed by atoms with Crippen LogP contribution in [0.5, 0.6) is 5.75 Å². The van der Waals surface area contributed by atoms with Gasteiger partial charge in [0.25, 0.3) is 5.91 Å². The first-order valence-electron chi connectivity index (χ1n) is 8.93. The van der Waals surface area contributed by atoms with E-state index in [1.165, 1.54) is 17.5 Å². The summed E-state index contributed by atoms with van der Waals surface area (Å²) in [6.45, 7) is 1.35. The molecule has 2 aromatic carbocycles. The zero-order valence-electron chi connectivity index (χ0n) is 16.3. The summed E-state index contributed by atoms with van der Waals surface area (Å²) in [5, 5.41) is 2.62. The normalized spacial score (nSPS) is 15.6.